The molecule has 35 heavy (non-hydrogen) atoms. The van der Waals surface area contributed by atoms with Crippen molar-refractivity contribution in [3.8, 4) is 0 Å². The summed E-state index contributed by atoms with van der Waals surface area (Å²) in [5, 5.41) is 16.4. The van der Waals surface area contributed by atoms with Crippen LogP contribution in [0.15, 0.2) is 41.6 Å². The lowest BCUT2D eigenvalue weighted by atomic mass is 10.0. The molecular formula is C24H26Cl3N5O2S. The molecule has 0 fully saturated rings. The fourth-order valence-corrected chi connectivity index (χ4v) is 4.61. The minimum atomic E-state index is -0.401. The summed E-state index contributed by atoms with van der Waals surface area (Å²) in [6.07, 6.45) is 0. The lowest BCUT2D eigenvalue weighted by molar-refractivity contribution is -0.113. The number of rotatable bonds is 9. The molecule has 0 spiro atoms. The van der Waals surface area contributed by atoms with Crippen molar-refractivity contribution >= 4 is 64.1 Å². The van der Waals surface area contributed by atoms with Gasteiger partial charge in [-0.05, 0) is 55.7 Å². The molecule has 0 unspecified atom stereocenters. The zero-order chi connectivity index (χ0) is 25.7. The van der Waals surface area contributed by atoms with E-state index in [4.69, 9.17) is 34.8 Å². The molecular weight excluding hydrogens is 529 g/mol. The highest BCUT2D eigenvalue weighted by molar-refractivity contribution is 7.99. The number of aromatic nitrogens is 3. The van der Waals surface area contributed by atoms with Crippen molar-refractivity contribution in [1.82, 2.24) is 20.1 Å². The smallest absolute Gasteiger partial charge is 0.251 e. The first-order valence-electron chi connectivity index (χ1n) is 11.0. The van der Waals surface area contributed by atoms with E-state index in [0.717, 1.165) is 5.56 Å². The van der Waals surface area contributed by atoms with Crippen molar-refractivity contribution in [2.45, 2.75) is 45.4 Å². The Labute approximate surface area is 223 Å². The Morgan fingerprint density at radius 1 is 1.03 bits per heavy atom. The molecule has 2 N–H and O–H groups in total. The number of carbonyl (C=O) groups excluding carboxylic acids is 2. The number of nitrogens with zero attached hydrogens (tertiary/aromatic N) is 3. The van der Waals surface area contributed by atoms with Crippen LogP contribution in [0.25, 0.3) is 0 Å². The molecule has 2 aromatic carbocycles. The Morgan fingerprint density at radius 2 is 1.77 bits per heavy atom. The number of aryl methyl sites for hydroxylation is 1. The average Bonchev–Trinajstić information content (AvgIpc) is 3.22. The van der Waals surface area contributed by atoms with E-state index in [1.165, 1.54) is 17.8 Å². The molecule has 0 aliphatic heterocycles. The van der Waals surface area contributed by atoms with Gasteiger partial charge in [0.1, 0.15) is 0 Å². The molecule has 1 aromatic heterocycles. The summed E-state index contributed by atoms with van der Waals surface area (Å²) in [4.78, 5) is 25.4. The van der Waals surface area contributed by atoms with Gasteiger partial charge in [-0.3, -0.25) is 9.59 Å². The second kappa shape index (κ2) is 12.1. The molecule has 1 atom stereocenters. The second-order valence-corrected chi connectivity index (χ2v) is 10.4. The van der Waals surface area contributed by atoms with Gasteiger partial charge in [0.15, 0.2) is 11.0 Å². The van der Waals surface area contributed by atoms with Crippen LogP contribution in [0.2, 0.25) is 15.1 Å². The van der Waals surface area contributed by atoms with Crippen LogP contribution in [0.1, 0.15) is 48.6 Å². The molecule has 0 aliphatic rings. The lowest BCUT2D eigenvalue weighted by Crippen LogP contribution is -2.33. The van der Waals surface area contributed by atoms with Gasteiger partial charge in [-0.2, -0.15) is 0 Å². The fraction of sp³-hybridized carbons (Fsp3) is 0.333. The molecule has 0 aliphatic carbocycles. The molecule has 11 heteroatoms. The highest BCUT2D eigenvalue weighted by Crippen LogP contribution is 2.27. The third-order valence-corrected chi connectivity index (χ3v) is 7.38. The molecule has 1 heterocycles. The highest BCUT2D eigenvalue weighted by Gasteiger charge is 2.26. The molecule has 2 amide bonds. The summed E-state index contributed by atoms with van der Waals surface area (Å²) < 4.78 is 1.90. The van der Waals surface area contributed by atoms with E-state index >= 15 is 0 Å². The van der Waals surface area contributed by atoms with Crippen LogP contribution in [-0.2, 0) is 11.3 Å². The maximum atomic E-state index is 12.9. The maximum absolute atomic E-state index is 12.9. The second-order valence-electron chi connectivity index (χ2n) is 8.21. The van der Waals surface area contributed by atoms with Crippen LogP contribution < -0.4 is 10.6 Å². The average molecular weight is 555 g/mol. The Bertz CT molecular complexity index is 1230. The minimum Gasteiger partial charge on any atom is -0.342 e. The Hall–Kier alpha value is -2.26. The van der Waals surface area contributed by atoms with Crippen molar-refractivity contribution < 1.29 is 9.59 Å². The number of thioether (sulfide) groups is 1. The summed E-state index contributed by atoms with van der Waals surface area (Å²) in [5.41, 5.74) is 1.97. The van der Waals surface area contributed by atoms with Crippen LogP contribution in [-0.4, -0.2) is 32.3 Å². The van der Waals surface area contributed by atoms with Gasteiger partial charge in [0.25, 0.3) is 5.91 Å². The first-order valence-corrected chi connectivity index (χ1v) is 13.1. The van der Waals surface area contributed by atoms with Gasteiger partial charge < -0.3 is 15.2 Å². The zero-order valence-electron chi connectivity index (χ0n) is 19.7. The van der Waals surface area contributed by atoms with Gasteiger partial charge >= 0.3 is 0 Å². The fourth-order valence-electron chi connectivity index (χ4n) is 3.32. The van der Waals surface area contributed by atoms with Crippen molar-refractivity contribution in [2.75, 3.05) is 11.1 Å². The van der Waals surface area contributed by atoms with Gasteiger partial charge in [0.05, 0.1) is 21.8 Å². The summed E-state index contributed by atoms with van der Waals surface area (Å²) in [6, 6.07) is 9.71. The van der Waals surface area contributed by atoms with Gasteiger partial charge in [-0.1, -0.05) is 66.5 Å². The van der Waals surface area contributed by atoms with E-state index in [1.807, 2.05) is 38.3 Å². The normalized spacial score (nSPS) is 12.0. The van der Waals surface area contributed by atoms with E-state index in [1.54, 1.807) is 24.3 Å². The van der Waals surface area contributed by atoms with Crippen LogP contribution in [0.4, 0.5) is 5.69 Å². The predicted octanol–water partition coefficient (Wildman–Crippen LogP) is 6.42. The van der Waals surface area contributed by atoms with Crippen LogP contribution in [0.3, 0.4) is 0 Å². The van der Waals surface area contributed by atoms with Gasteiger partial charge in [-0.15, -0.1) is 10.2 Å². The largest absolute Gasteiger partial charge is 0.342 e. The number of hydrogen-bond donors (Lipinski definition) is 2. The van der Waals surface area contributed by atoms with Crippen molar-refractivity contribution in [1.29, 1.82) is 0 Å². The molecule has 0 bridgehead atoms. The number of anilines is 1. The third kappa shape index (κ3) is 6.91. The Kier molecular flexibility index (Phi) is 9.47. The molecule has 3 rings (SSSR count). The Morgan fingerprint density at radius 3 is 2.40 bits per heavy atom. The van der Waals surface area contributed by atoms with Gasteiger partial charge in [0.2, 0.25) is 5.91 Å². The van der Waals surface area contributed by atoms with E-state index < -0.39 is 6.04 Å². The van der Waals surface area contributed by atoms with Crippen molar-refractivity contribution in [2.24, 2.45) is 5.92 Å². The predicted molar refractivity (Wildman–Crippen MR) is 143 cm³/mol. The molecule has 186 valence electrons. The quantitative estimate of drug-likeness (QED) is 0.298. The molecule has 0 saturated carbocycles. The highest BCUT2D eigenvalue weighted by atomic mass is 35.5. The van der Waals surface area contributed by atoms with E-state index in [-0.39, 0.29) is 23.5 Å². The van der Waals surface area contributed by atoms with E-state index in [0.29, 0.717) is 43.8 Å². The van der Waals surface area contributed by atoms with E-state index in [2.05, 4.69) is 20.8 Å². The number of benzene rings is 2. The molecule has 0 radical (unpaired) electrons. The van der Waals surface area contributed by atoms with Crippen LogP contribution in [0.5, 0.6) is 0 Å². The summed E-state index contributed by atoms with van der Waals surface area (Å²) in [6.45, 7) is 8.41. The van der Waals surface area contributed by atoms with Crippen LogP contribution in [0, 0.1) is 12.8 Å². The third-order valence-electron chi connectivity index (χ3n) is 5.26. The van der Waals surface area contributed by atoms with E-state index in [9.17, 15) is 9.59 Å². The minimum absolute atomic E-state index is 0.0312. The number of amides is 2. The number of nitrogens with one attached hydrogen (secondary N) is 2. The maximum Gasteiger partial charge on any atom is 0.251 e. The monoisotopic (exact) mass is 553 g/mol. The van der Waals surface area contributed by atoms with Gasteiger partial charge in [0, 0.05) is 22.8 Å². The SMILES string of the molecule is CCn1c(SCC(=O)Nc2ccc(C)c(Cl)c2)nnc1[C@H](NC(=O)c1ccc(Cl)c(Cl)c1)C(C)C. The first kappa shape index (κ1) is 27.3. The Balaban J connectivity index is 1.72. The topological polar surface area (TPSA) is 88.9 Å². The standard InChI is InChI=1S/C24H26Cl3N5O2S/c1-5-32-22(21(13(2)3)29-23(34)15-7-9-17(25)19(27)10-15)30-31-24(32)35-12-20(33)28-16-8-6-14(4)18(26)11-16/h6-11,13,21H,5,12H2,1-4H3,(H,28,33)(H,29,34)/t21-/m1/s1. The zero-order valence-corrected chi connectivity index (χ0v) is 22.8. The van der Waals surface area contributed by atoms with Crippen molar-refractivity contribution in [3.63, 3.8) is 0 Å². The van der Waals surface area contributed by atoms with Gasteiger partial charge in [-0.25, -0.2) is 0 Å². The summed E-state index contributed by atoms with van der Waals surface area (Å²) in [5.74, 6) is 0.313. The van der Waals surface area contributed by atoms with Crippen molar-refractivity contribution in [3.05, 3.63) is 68.4 Å². The van der Waals surface area contributed by atoms with Crippen LogP contribution >= 0.6 is 46.6 Å². The summed E-state index contributed by atoms with van der Waals surface area (Å²) >= 11 is 19.5. The number of carbonyl (C=O) groups is 2. The molecule has 0 saturated heterocycles. The lowest BCUT2D eigenvalue weighted by Gasteiger charge is -2.22. The number of halogens is 3. The number of hydrogen-bond acceptors (Lipinski definition) is 5. The molecule has 3 aromatic rings. The summed E-state index contributed by atoms with van der Waals surface area (Å²) in [7, 11) is 0. The first-order chi connectivity index (χ1) is 16.6. The molecule has 7 nitrogen and oxygen atoms in total.